The number of halogens is 1. The number of hydrogen-bond acceptors (Lipinski definition) is 2. The molecule has 0 atom stereocenters. The minimum atomic E-state index is -0.243. The van der Waals surface area contributed by atoms with E-state index in [1.807, 2.05) is 13.0 Å². The van der Waals surface area contributed by atoms with E-state index in [9.17, 15) is 4.39 Å². The first-order valence-corrected chi connectivity index (χ1v) is 6.13. The fraction of sp³-hybridized carbons (Fsp3) is 0.267. The van der Waals surface area contributed by atoms with Crippen molar-refractivity contribution < 1.29 is 9.13 Å². The Bertz CT molecular complexity index is 595. The number of benzene rings is 1. The average molecular weight is 243 g/mol. The van der Waals surface area contributed by atoms with Gasteiger partial charge in [0.05, 0.1) is 12.3 Å². The molecule has 1 aromatic carbocycles. The van der Waals surface area contributed by atoms with Gasteiger partial charge in [-0.15, -0.1) is 0 Å². The summed E-state index contributed by atoms with van der Waals surface area (Å²) in [4.78, 5) is 4.54. The molecule has 18 heavy (non-hydrogen) atoms. The van der Waals surface area contributed by atoms with E-state index < -0.39 is 0 Å². The van der Waals surface area contributed by atoms with Crippen LogP contribution < -0.4 is 4.74 Å². The van der Waals surface area contributed by atoms with E-state index in [-0.39, 0.29) is 5.82 Å². The lowest BCUT2D eigenvalue weighted by molar-refractivity contribution is 0.276. The second-order valence-electron chi connectivity index (χ2n) is 4.58. The van der Waals surface area contributed by atoms with Gasteiger partial charge in [0, 0.05) is 11.1 Å². The van der Waals surface area contributed by atoms with Crippen LogP contribution in [0, 0.1) is 12.7 Å². The van der Waals surface area contributed by atoms with Gasteiger partial charge in [-0.05, 0) is 43.5 Å². The number of pyridine rings is 1. The van der Waals surface area contributed by atoms with Crippen LogP contribution in [-0.2, 0) is 6.42 Å². The monoisotopic (exact) mass is 243 g/mol. The number of rotatable bonds is 1. The molecule has 2 nitrogen and oxygen atoms in total. The standard InChI is InChI=1S/C15H14FNO/c1-10-8-12-5-3-7-18-15(12)17-14(10)11-4-2-6-13(16)9-11/h2,4,6,8-9H,3,5,7H2,1H3. The highest BCUT2D eigenvalue weighted by atomic mass is 19.1. The van der Waals surface area contributed by atoms with Gasteiger partial charge in [0.1, 0.15) is 5.82 Å². The summed E-state index contributed by atoms with van der Waals surface area (Å²) in [6.07, 6.45) is 2.04. The Morgan fingerprint density at radius 1 is 1.28 bits per heavy atom. The summed E-state index contributed by atoms with van der Waals surface area (Å²) in [7, 11) is 0. The van der Waals surface area contributed by atoms with Crippen molar-refractivity contribution in [3.05, 3.63) is 47.3 Å². The molecule has 1 aromatic heterocycles. The van der Waals surface area contributed by atoms with Crippen molar-refractivity contribution in [2.75, 3.05) is 6.61 Å². The Labute approximate surface area is 105 Å². The van der Waals surface area contributed by atoms with Crippen molar-refractivity contribution in [2.45, 2.75) is 19.8 Å². The third-order valence-corrected chi connectivity index (χ3v) is 3.18. The van der Waals surface area contributed by atoms with Crippen molar-refractivity contribution in [2.24, 2.45) is 0 Å². The first kappa shape index (κ1) is 11.2. The molecule has 0 unspecified atom stereocenters. The number of nitrogens with zero attached hydrogens (tertiary/aromatic N) is 1. The number of aromatic nitrogens is 1. The molecular formula is C15H14FNO. The smallest absolute Gasteiger partial charge is 0.217 e. The van der Waals surface area contributed by atoms with Gasteiger partial charge in [-0.1, -0.05) is 12.1 Å². The number of hydrogen-bond donors (Lipinski definition) is 0. The maximum absolute atomic E-state index is 13.3. The highest BCUT2D eigenvalue weighted by Gasteiger charge is 2.15. The van der Waals surface area contributed by atoms with Gasteiger partial charge in [-0.3, -0.25) is 0 Å². The SMILES string of the molecule is Cc1cc2c(nc1-c1cccc(F)c1)OCCC2. The van der Waals surface area contributed by atoms with Crippen molar-refractivity contribution in [3.63, 3.8) is 0 Å². The van der Waals surface area contributed by atoms with Crippen LogP contribution >= 0.6 is 0 Å². The maximum atomic E-state index is 13.3. The van der Waals surface area contributed by atoms with Crippen LogP contribution in [0.1, 0.15) is 17.5 Å². The zero-order chi connectivity index (χ0) is 12.5. The molecule has 0 fully saturated rings. The van der Waals surface area contributed by atoms with Gasteiger partial charge in [0.2, 0.25) is 5.88 Å². The second-order valence-corrected chi connectivity index (χ2v) is 4.58. The summed E-state index contributed by atoms with van der Waals surface area (Å²) >= 11 is 0. The van der Waals surface area contributed by atoms with Crippen LogP contribution in [0.2, 0.25) is 0 Å². The van der Waals surface area contributed by atoms with Crippen molar-refractivity contribution >= 4 is 0 Å². The summed E-state index contributed by atoms with van der Waals surface area (Å²) in [6, 6.07) is 8.61. The van der Waals surface area contributed by atoms with E-state index in [0.29, 0.717) is 12.5 Å². The Morgan fingerprint density at radius 3 is 3.00 bits per heavy atom. The van der Waals surface area contributed by atoms with Crippen molar-refractivity contribution in [1.29, 1.82) is 0 Å². The van der Waals surface area contributed by atoms with Gasteiger partial charge in [0.15, 0.2) is 0 Å². The number of aryl methyl sites for hydroxylation is 2. The summed E-state index contributed by atoms with van der Waals surface area (Å²) in [5, 5.41) is 0. The summed E-state index contributed by atoms with van der Waals surface area (Å²) in [5.74, 6) is 0.457. The minimum Gasteiger partial charge on any atom is -0.477 e. The predicted octanol–water partition coefficient (Wildman–Crippen LogP) is 3.52. The summed E-state index contributed by atoms with van der Waals surface area (Å²) in [5.41, 5.74) is 3.81. The molecule has 0 spiro atoms. The van der Waals surface area contributed by atoms with E-state index >= 15 is 0 Å². The molecule has 0 aliphatic carbocycles. The Kier molecular flexibility index (Phi) is 2.74. The van der Waals surface area contributed by atoms with E-state index in [2.05, 4.69) is 11.1 Å². The predicted molar refractivity (Wildman–Crippen MR) is 68.2 cm³/mol. The summed E-state index contributed by atoms with van der Waals surface area (Å²) < 4.78 is 18.8. The lowest BCUT2D eigenvalue weighted by Crippen LogP contribution is -2.11. The van der Waals surface area contributed by atoms with E-state index in [1.165, 1.54) is 12.1 Å². The first-order chi connectivity index (χ1) is 8.74. The molecule has 0 bridgehead atoms. The molecule has 0 N–H and O–H groups in total. The van der Waals surface area contributed by atoms with Gasteiger partial charge in [0.25, 0.3) is 0 Å². The highest BCUT2D eigenvalue weighted by Crippen LogP contribution is 2.30. The third-order valence-electron chi connectivity index (χ3n) is 3.18. The van der Waals surface area contributed by atoms with E-state index in [1.54, 1.807) is 6.07 Å². The first-order valence-electron chi connectivity index (χ1n) is 6.13. The van der Waals surface area contributed by atoms with Crippen LogP contribution in [0.25, 0.3) is 11.3 Å². The van der Waals surface area contributed by atoms with Crippen molar-refractivity contribution in [3.8, 4) is 17.1 Å². The van der Waals surface area contributed by atoms with Crippen LogP contribution in [0.5, 0.6) is 5.88 Å². The normalized spacial score (nSPS) is 13.9. The number of ether oxygens (including phenoxy) is 1. The van der Waals surface area contributed by atoms with Crippen LogP contribution in [-0.4, -0.2) is 11.6 Å². The number of fused-ring (bicyclic) bond motifs is 1. The van der Waals surface area contributed by atoms with Gasteiger partial charge >= 0.3 is 0 Å². The Hall–Kier alpha value is -1.90. The van der Waals surface area contributed by atoms with Crippen LogP contribution in [0.15, 0.2) is 30.3 Å². The molecule has 2 heterocycles. The Morgan fingerprint density at radius 2 is 2.17 bits per heavy atom. The molecule has 1 aliphatic heterocycles. The van der Waals surface area contributed by atoms with Gasteiger partial charge in [-0.25, -0.2) is 9.37 Å². The zero-order valence-corrected chi connectivity index (χ0v) is 10.2. The van der Waals surface area contributed by atoms with Crippen molar-refractivity contribution in [1.82, 2.24) is 4.98 Å². The Balaban J connectivity index is 2.12. The molecular weight excluding hydrogens is 229 g/mol. The molecule has 1 aliphatic rings. The molecule has 2 aromatic rings. The molecule has 3 heteroatoms. The largest absolute Gasteiger partial charge is 0.477 e. The fourth-order valence-corrected chi connectivity index (χ4v) is 2.32. The molecule has 0 saturated heterocycles. The van der Waals surface area contributed by atoms with Crippen LogP contribution in [0.3, 0.4) is 0 Å². The molecule has 0 saturated carbocycles. The van der Waals surface area contributed by atoms with Gasteiger partial charge in [-0.2, -0.15) is 0 Å². The quantitative estimate of drug-likeness (QED) is 0.764. The molecule has 0 amide bonds. The average Bonchev–Trinajstić information content (AvgIpc) is 2.38. The molecule has 3 rings (SSSR count). The molecule has 0 radical (unpaired) electrons. The third kappa shape index (κ3) is 1.96. The minimum absolute atomic E-state index is 0.243. The lowest BCUT2D eigenvalue weighted by atomic mass is 10.0. The lowest BCUT2D eigenvalue weighted by Gasteiger charge is -2.18. The summed E-state index contributed by atoms with van der Waals surface area (Å²) in [6.45, 7) is 2.72. The highest BCUT2D eigenvalue weighted by molar-refractivity contribution is 5.64. The van der Waals surface area contributed by atoms with Gasteiger partial charge < -0.3 is 4.74 Å². The van der Waals surface area contributed by atoms with Crippen LogP contribution in [0.4, 0.5) is 4.39 Å². The van der Waals surface area contributed by atoms with E-state index in [4.69, 9.17) is 4.74 Å². The fourth-order valence-electron chi connectivity index (χ4n) is 2.32. The topological polar surface area (TPSA) is 22.1 Å². The zero-order valence-electron chi connectivity index (χ0n) is 10.2. The van der Waals surface area contributed by atoms with E-state index in [0.717, 1.165) is 35.2 Å². The maximum Gasteiger partial charge on any atom is 0.217 e. The second kappa shape index (κ2) is 4.41. The molecule has 92 valence electrons.